The van der Waals surface area contributed by atoms with Crippen molar-refractivity contribution in [1.82, 2.24) is 0 Å². The molecule has 0 saturated heterocycles. The lowest BCUT2D eigenvalue weighted by Gasteiger charge is -2.19. The van der Waals surface area contributed by atoms with E-state index >= 15 is 0 Å². The van der Waals surface area contributed by atoms with Gasteiger partial charge in [0.25, 0.3) is 10.0 Å². The second kappa shape index (κ2) is 5.57. The lowest BCUT2D eigenvalue weighted by Crippen LogP contribution is -2.14. The quantitative estimate of drug-likeness (QED) is 0.932. The van der Waals surface area contributed by atoms with Gasteiger partial charge in [0, 0.05) is 12.1 Å². The summed E-state index contributed by atoms with van der Waals surface area (Å²) in [6.07, 6.45) is 0.749. The van der Waals surface area contributed by atoms with Crippen LogP contribution in [0.25, 0.3) is 0 Å². The number of hydrogen-bond donors (Lipinski definition) is 1. The molecular weight excluding hydrogens is 310 g/mol. The molecule has 5 heteroatoms. The van der Waals surface area contributed by atoms with Crippen LogP contribution >= 0.6 is 0 Å². The third-order valence-electron chi connectivity index (χ3n) is 3.97. The smallest absolute Gasteiger partial charge is 0.261 e. The first kappa shape index (κ1) is 15.9. The van der Waals surface area contributed by atoms with Crippen molar-refractivity contribution in [2.45, 2.75) is 37.5 Å². The van der Waals surface area contributed by atoms with E-state index in [1.54, 1.807) is 30.3 Å². The summed E-state index contributed by atoms with van der Waals surface area (Å²) in [7, 11) is -3.59. The molecule has 1 N–H and O–H groups in total. The predicted molar refractivity (Wildman–Crippen MR) is 91.6 cm³/mol. The summed E-state index contributed by atoms with van der Waals surface area (Å²) in [6, 6.07) is 12.5. The van der Waals surface area contributed by atoms with E-state index in [1.807, 2.05) is 12.1 Å². The van der Waals surface area contributed by atoms with Gasteiger partial charge in [-0.25, -0.2) is 8.42 Å². The second-order valence-corrected chi connectivity index (χ2v) is 8.48. The van der Waals surface area contributed by atoms with E-state index in [-0.39, 0.29) is 10.3 Å². The van der Waals surface area contributed by atoms with Crippen molar-refractivity contribution in [2.24, 2.45) is 0 Å². The summed E-state index contributed by atoms with van der Waals surface area (Å²) in [5.41, 5.74) is 2.71. The molecule has 3 rings (SSSR count). The van der Waals surface area contributed by atoms with Crippen LogP contribution in [0.5, 0.6) is 5.75 Å². The van der Waals surface area contributed by atoms with Crippen molar-refractivity contribution in [3.8, 4) is 5.75 Å². The van der Waals surface area contributed by atoms with Gasteiger partial charge in [-0.15, -0.1) is 0 Å². The minimum Gasteiger partial charge on any atom is -0.493 e. The van der Waals surface area contributed by atoms with E-state index in [2.05, 4.69) is 25.5 Å². The van der Waals surface area contributed by atoms with Gasteiger partial charge in [0.15, 0.2) is 0 Å². The van der Waals surface area contributed by atoms with Crippen LogP contribution in [0.2, 0.25) is 0 Å². The number of rotatable bonds is 3. The van der Waals surface area contributed by atoms with Crippen LogP contribution in [-0.2, 0) is 21.9 Å². The van der Waals surface area contributed by atoms with Crippen LogP contribution in [0.1, 0.15) is 31.9 Å². The van der Waals surface area contributed by atoms with Gasteiger partial charge in [-0.1, -0.05) is 32.9 Å². The first-order valence-electron chi connectivity index (χ1n) is 7.65. The zero-order valence-corrected chi connectivity index (χ0v) is 14.4. The zero-order chi connectivity index (χ0) is 16.7. The van der Waals surface area contributed by atoms with Crippen LogP contribution in [0.15, 0.2) is 47.4 Å². The molecule has 4 nitrogen and oxygen atoms in total. The standard InChI is InChI=1S/C18H21NO3S/c1-18(2,3)14-4-6-15(7-5-14)19-23(20,21)16-8-9-17-13(12-16)10-11-22-17/h4-9,12,19H,10-11H2,1-3H3. The van der Waals surface area contributed by atoms with E-state index in [0.29, 0.717) is 12.3 Å². The Balaban J connectivity index is 1.84. The van der Waals surface area contributed by atoms with Crippen LogP contribution < -0.4 is 9.46 Å². The molecule has 0 saturated carbocycles. The molecule has 23 heavy (non-hydrogen) atoms. The van der Waals surface area contributed by atoms with Crippen molar-refractivity contribution in [3.63, 3.8) is 0 Å². The Morgan fingerprint density at radius 2 is 1.74 bits per heavy atom. The SMILES string of the molecule is CC(C)(C)c1ccc(NS(=O)(=O)c2ccc3c(c2)CCO3)cc1. The van der Waals surface area contributed by atoms with Gasteiger partial charge in [0.2, 0.25) is 0 Å². The predicted octanol–water partition coefficient (Wildman–Crippen LogP) is 3.72. The Hall–Kier alpha value is -2.01. The number of ether oxygens (including phenoxy) is 1. The van der Waals surface area contributed by atoms with Crippen molar-refractivity contribution < 1.29 is 13.2 Å². The van der Waals surface area contributed by atoms with Gasteiger partial charge in [-0.2, -0.15) is 0 Å². The third-order valence-corrected chi connectivity index (χ3v) is 5.35. The lowest BCUT2D eigenvalue weighted by molar-refractivity contribution is 0.356. The van der Waals surface area contributed by atoms with E-state index in [0.717, 1.165) is 23.3 Å². The number of hydrogen-bond acceptors (Lipinski definition) is 3. The second-order valence-electron chi connectivity index (χ2n) is 6.80. The molecule has 0 spiro atoms. The summed E-state index contributed by atoms with van der Waals surface area (Å²) in [6.45, 7) is 6.98. The molecule has 0 unspecified atom stereocenters. The Morgan fingerprint density at radius 1 is 1.04 bits per heavy atom. The molecule has 0 radical (unpaired) electrons. The molecular formula is C18H21NO3S. The summed E-state index contributed by atoms with van der Waals surface area (Å²) >= 11 is 0. The highest BCUT2D eigenvalue weighted by Gasteiger charge is 2.20. The number of benzene rings is 2. The van der Waals surface area contributed by atoms with Gasteiger partial charge >= 0.3 is 0 Å². The van der Waals surface area contributed by atoms with Crippen LogP contribution in [0, 0.1) is 0 Å². The van der Waals surface area contributed by atoms with E-state index in [9.17, 15) is 8.42 Å². The van der Waals surface area contributed by atoms with Gasteiger partial charge < -0.3 is 4.74 Å². The van der Waals surface area contributed by atoms with Crippen molar-refractivity contribution >= 4 is 15.7 Å². The Kier molecular flexibility index (Phi) is 3.84. The monoisotopic (exact) mass is 331 g/mol. The molecule has 2 aromatic carbocycles. The number of sulfonamides is 1. The number of nitrogens with one attached hydrogen (secondary N) is 1. The maximum Gasteiger partial charge on any atom is 0.261 e. The maximum absolute atomic E-state index is 12.5. The van der Waals surface area contributed by atoms with Crippen molar-refractivity contribution in [1.29, 1.82) is 0 Å². The molecule has 1 aliphatic rings. The normalized spacial score (nSPS) is 14.2. The van der Waals surface area contributed by atoms with Crippen LogP contribution in [-0.4, -0.2) is 15.0 Å². The van der Waals surface area contributed by atoms with E-state index in [1.165, 1.54) is 0 Å². The first-order chi connectivity index (χ1) is 10.8. The third kappa shape index (κ3) is 3.34. The van der Waals surface area contributed by atoms with Gasteiger partial charge in [-0.05, 0) is 46.9 Å². The topological polar surface area (TPSA) is 55.4 Å². The average Bonchev–Trinajstić information content (AvgIpc) is 2.93. The molecule has 0 aromatic heterocycles. The van der Waals surface area contributed by atoms with Crippen molar-refractivity contribution in [3.05, 3.63) is 53.6 Å². The van der Waals surface area contributed by atoms with E-state index < -0.39 is 10.0 Å². The summed E-state index contributed by atoms with van der Waals surface area (Å²) in [4.78, 5) is 0.265. The summed E-state index contributed by atoms with van der Waals surface area (Å²) < 4.78 is 33.1. The molecule has 0 aliphatic carbocycles. The molecule has 122 valence electrons. The number of fused-ring (bicyclic) bond motifs is 1. The highest BCUT2D eigenvalue weighted by atomic mass is 32.2. The average molecular weight is 331 g/mol. The minimum absolute atomic E-state index is 0.0391. The molecule has 0 bridgehead atoms. The summed E-state index contributed by atoms with van der Waals surface area (Å²) in [5, 5.41) is 0. The lowest BCUT2D eigenvalue weighted by atomic mass is 9.87. The Bertz CT molecular complexity index is 818. The fraction of sp³-hybridized carbons (Fsp3) is 0.333. The van der Waals surface area contributed by atoms with E-state index in [4.69, 9.17) is 4.74 Å². The minimum atomic E-state index is -3.59. The highest BCUT2D eigenvalue weighted by molar-refractivity contribution is 7.92. The molecule has 2 aromatic rings. The zero-order valence-electron chi connectivity index (χ0n) is 13.6. The fourth-order valence-corrected chi connectivity index (χ4v) is 3.69. The molecule has 0 amide bonds. The van der Waals surface area contributed by atoms with Crippen molar-refractivity contribution in [2.75, 3.05) is 11.3 Å². The first-order valence-corrected chi connectivity index (χ1v) is 9.13. The summed E-state index contributed by atoms with van der Waals surface area (Å²) in [5.74, 6) is 0.776. The molecule has 0 atom stereocenters. The highest BCUT2D eigenvalue weighted by Crippen LogP contribution is 2.29. The Morgan fingerprint density at radius 3 is 2.39 bits per heavy atom. The largest absolute Gasteiger partial charge is 0.493 e. The fourth-order valence-electron chi connectivity index (χ4n) is 2.58. The Labute approximate surface area is 137 Å². The molecule has 1 heterocycles. The van der Waals surface area contributed by atoms with Gasteiger partial charge in [0.05, 0.1) is 11.5 Å². The molecule has 0 fully saturated rings. The van der Waals surface area contributed by atoms with Crippen LogP contribution in [0.4, 0.5) is 5.69 Å². The van der Waals surface area contributed by atoms with Crippen LogP contribution in [0.3, 0.4) is 0 Å². The van der Waals surface area contributed by atoms with Gasteiger partial charge in [0.1, 0.15) is 5.75 Å². The molecule has 1 aliphatic heterocycles. The number of anilines is 1. The maximum atomic E-state index is 12.5. The van der Waals surface area contributed by atoms with Gasteiger partial charge in [-0.3, -0.25) is 4.72 Å².